The van der Waals surface area contributed by atoms with Gasteiger partial charge in [0.25, 0.3) is 0 Å². The summed E-state index contributed by atoms with van der Waals surface area (Å²) in [6.45, 7) is 5.74. The van der Waals surface area contributed by atoms with Crippen molar-refractivity contribution >= 4 is 21.4 Å². The van der Waals surface area contributed by atoms with Crippen LogP contribution in [0.25, 0.3) is 0 Å². The number of hydrogen-bond acceptors (Lipinski definition) is 4. The fourth-order valence-electron chi connectivity index (χ4n) is 1.85. The zero-order chi connectivity index (χ0) is 15.7. The molecule has 0 fully saturated rings. The van der Waals surface area contributed by atoms with Crippen LogP contribution in [0.5, 0.6) is 5.75 Å². The molecular weight excluding hydrogens is 310 g/mol. The van der Waals surface area contributed by atoms with Gasteiger partial charge in [-0.05, 0) is 25.5 Å². The lowest BCUT2D eigenvalue weighted by molar-refractivity contribution is 0.314. The molecule has 4 nitrogen and oxygen atoms in total. The normalized spacial score (nSPS) is 11.6. The van der Waals surface area contributed by atoms with Crippen molar-refractivity contribution in [2.24, 2.45) is 0 Å². The molecule has 0 saturated carbocycles. The molecule has 0 unspecified atom stereocenters. The Labute approximate surface area is 132 Å². The third-order valence-electron chi connectivity index (χ3n) is 3.08. The van der Waals surface area contributed by atoms with E-state index in [-0.39, 0.29) is 11.5 Å². The van der Waals surface area contributed by atoms with Crippen LogP contribution in [-0.4, -0.2) is 33.1 Å². The Balaban J connectivity index is 2.57. The Morgan fingerprint density at radius 2 is 2.05 bits per heavy atom. The Morgan fingerprint density at radius 3 is 2.71 bits per heavy atom. The molecule has 0 spiro atoms. The number of rotatable bonds is 10. The summed E-state index contributed by atoms with van der Waals surface area (Å²) < 4.78 is 28.6. The van der Waals surface area contributed by atoms with Crippen molar-refractivity contribution in [2.45, 2.75) is 33.2 Å². The van der Waals surface area contributed by atoms with Gasteiger partial charge in [0, 0.05) is 17.9 Å². The highest BCUT2D eigenvalue weighted by Crippen LogP contribution is 2.28. The number of ether oxygens (including phenoxy) is 1. The molecule has 0 aliphatic heterocycles. The van der Waals surface area contributed by atoms with E-state index >= 15 is 0 Å². The highest BCUT2D eigenvalue weighted by Gasteiger charge is 2.10. The van der Waals surface area contributed by atoms with Crippen molar-refractivity contribution in [3.05, 3.63) is 28.8 Å². The fraction of sp³-hybridized carbons (Fsp3) is 0.600. The average molecular weight is 334 g/mol. The first-order valence-electron chi connectivity index (χ1n) is 7.31. The molecule has 0 bridgehead atoms. The smallest absolute Gasteiger partial charge is 0.150 e. The molecule has 1 N–H and O–H groups in total. The van der Waals surface area contributed by atoms with Gasteiger partial charge in [0.05, 0.1) is 17.4 Å². The summed E-state index contributed by atoms with van der Waals surface area (Å²) in [4.78, 5) is 0. The molecule has 0 heterocycles. The standard InChI is InChI=1S/C15H24ClNO3S/c1-3-9-17-12-13-7-5-8-14(16)15(13)20-10-6-11-21(18,19)4-2/h5,7-8,17H,3-4,6,9-12H2,1-2H3. The average Bonchev–Trinajstić information content (AvgIpc) is 2.46. The number of nitrogens with one attached hydrogen (secondary N) is 1. The van der Waals surface area contributed by atoms with Crippen molar-refractivity contribution in [3.63, 3.8) is 0 Å². The maximum Gasteiger partial charge on any atom is 0.150 e. The van der Waals surface area contributed by atoms with E-state index in [1.54, 1.807) is 13.0 Å². The van der Waals surface area contributed by atoms with E-state index in [9.17, 15) is 8.42 Å². The van der Waals surface area contributed by atoms with Gasteiger partial charge in [0.15, 0.2) is 0 Å². The summed E-state index contributed by atoms with van der Waals surface area (Å²) in [6, 6.07) is 5.63. The minimum absolute atomic E-state index is 0.150. The summed E-state index contributed by atoms with van der Waals surface area (Å²) in [5, 5.41) is 3.87. The molecule has 0 amide bonds. The zero-order valence-corrected chi connectivity index (χ0v) is 14.3. The summed E-state index contributed by atoms with van der Waals surface area (Å²) in [6.07, 6.45) is 1.54. The lowest BCUT2D eigenvalue weighted by Crippen LogP contribution is -2.16. The second kappa shape index (κ2) is 9.28. The van der Waals surface area contributed by atoms with Crippen molar-refractivity contribution in [3.8, 4) is 5.75 Å². The van der Waals surface area contributed by atoms with Crippen molar-refractivity contribution < 1.29 is 13.2 Å². The van der Waals surface area contributed by atoms with Gasteiger partial charge in [-0.15, -0.1) is 0 Å². The molecule has 6 heteroatoms. The van der Waals surface area contributed by atoms with Crippen LogP contribution in [0, 0.1) is 0 Å². The van der Waals surface area contributed by atoms with Gasteiger partial charge in [-0.25, -0.2) is 8.42 Å². The van der Waals surface area contributed by atoms with Gasteiger partial charge in [-0.3, -0.25) is 0 Å². The van der Waals surface area contributed by atoms with Crippen molar-refractivity contribution in [2.75, 3.05) is 24.7 Å². The third kappa shape index (κ3) is 6.68. The molecule has 1 rings (SSSR count). The third-order valence-corrected chi connectivity index (χ3v) is 5.16. The predicted octanol–water partition coefficient (Wildman–Crippen LogP) is 3.04. The topological polar surface area (TPSA) is 55.4 Å². The van der Waals surface area contributed by atoms with E-state index in [0.717, 1.165) is 18.5 Å². The molecule has 1 aromatic rings. The maximum atomic E-state index is 11.4. The molecule has 0 saturated heterocycles. The molecule has 0 aliphatic rings. The number of para-hydroxylation sites is 1. The lowest BCUT2D eigenvalue weighted by Gasteiger charge is -2.13. The number of sulfone groups is 1. The van der Waals surface area contributed by atoms with Gasteiger partial charge in [-0.2, -0.15) is 0 Å². The van der Waals surface area contributed by atoms with Gasteiger partial charge in [-0.1, -0.05) is 37.6 Å². The fourth-order valence-corrected chi connectivity index (χ4v) is 2.95. The van der Waals surface area contributed by atoms with E-state index < -0.39 is 9.84 Å². The van der Waals surface area contributed by atoms with Crippen molar-refractivity contribution in [1.29, 1.82) is 0 Å². The van der Waals surface area contributed by atoms with E-state index in [0.29, 0.717) is 30.3 Å². The van der Waals surface area contributed by atoms with E-state index in [1.165, 1.54) is 0 Å². The minimum Gasteiger partial charge on any atom is -0.492 e. The molecule has 21 heavy (non-hydrogen) atoms. The highest BCUT2D eigenvalue weighted by molar-refractivity contribution is 7.91. The molecule has 1 aromatic carbocycles. The highest BCUT2D eigenvalue weighted by atomic mass is 35.5. The largest absolute Gasteiger partial charge is 0.492 e. The molecule has 0 aromatic heterocycles. The Kier molecular flexibility index (Phi) is 8.07. The van der Waals surface area contributed by atoms with Crippen LogP contribution < -0.4 is 10.1 Å². The van der Waals surface area contributed by atoms with Gasteiger partial charge in [0.1, 0.15) is 15.6 Å². The van der Waals surface area contributed by atoms with Gasteiger partial charge < -0.3 is 10.1 Å². The predicted molar refractivity (Wildman–Crippen MR) is 87.9 cm³/mol. The van der Waals surface area contributed by atoms with Crippen LogP contribution in [0.2, 0.25) is 5.02 Å². The van der Waals surface area contributed by atoms with E-state index in [4.69, 9.17) is 16.3 Å². The minimum atomic E-state index is -2.94. The second-order valence-corrected chi connectivity index (χ2v) is 7.72. The van der Waals surface area contributed by atoms with Crippen LogP contribution in [0.15, 0.2) is 18.2 Å². The van der Waals surface area contributed by atoms with Crippen LogP contribution in [-0.2, 0) is 16.4 Å². The Bertz CT molecular complexity index is 532. The first-order valence-corrected chi connectivity index (χ1v) is 9.51. The van der Waals surface area contributed by atoms with Gasteiger partial charge >= 0.3 is 0 Å². The van der Waals surface area contributed by atoms with E-state index in [1.807, 2.05) is 12.1 Å². The number of benzene rings is 1. The summed E-state index contributed by atoms with van der Waals surface area (Å²) in [5.41, 5.74) is 0.995. The number of halogens is 1. The zero-order valence-electron chi connectivity index (χ0n) is 12.7. The number of hydrogen-bond donors (Lipinski definition) is 1. The van der Waals surface area contributed by atoms with Crippen molar-refractivity contribution in [1.82, 2.24) is 5.32 Å². The van der Waals surface area contributed by atoms with Crippen LogP contribution in [0.4, 0.5) is 0 Å². The van der Waals surface area contributed by atoms with E-state index in [2.05, 4.69) is 12.2 Å². The first kappa shape index (κ1) is 18.3. The Morgan fingerprint density at radius 1 is 1.29 bits per heavy atom. The lowest BCUT2D eigenvalue weighted by atomic mass is 10.2. The SMILES string of the molecule is CCCNCc1cccc(Cl)c1OCCCS(=O)(=O)CC. The summed E-state index contributed by atoms with van der Waals surface area (Å²) >= 11 is 6.17. The Hall–Kier alpha value is -0.780. The first-order chi connectivity index (χ1) is 10.00. The molecular formula is C15H24ClNO3S. The molecule has 0 aliphatic carbocycles. The molecule has 0 atom stereocenters. The summed E-state index contributed by atoms with van der Waals surface area (Å²) in [7, 11) is -2.94. The van der Waals surface area contributed by atoms with Crippen LogP contribution >= 0.6 is 11.6 Å². The second-order valence-electron chi connectivity index (χ2n) is 4.84. The monoisotopic (exact) mass is 333 g/mol. The quantitative estimate of drug-likeness (QED) is 0.669. The van der Waals surface area contributed by atoms with Gasteiger partial charge in [0.2, 0.25) is 0 Å². The molecule has 120 valence electrons. The van der Waals surface area contributed by atoms with Crippen LogP contribution in [0.1, 0.15) is 32.3 Å². The molecule has 0 radical (unpaired) electrons. The maximum absolute atomic E-state index is 11.4. The summed E-state index contributed by atoms with van der Waals surface area (Å²) in [5.74, 6) is 0.972. The van der Waals surface area contributed by atoms with Crippen LogP contribution in [0.3, 0.4) is 0 Å².